The molecule has 3 rings (SSSR count). The lowest BCUT2D eigenvalue weighted by atomic mass is 10.00. The molecule has 2 atom stereocenters. The number of rotatable bonds is 3. The predicted molar refractivity (Wildman–Crippen MR) is 83.9 cm³/mol. The zero-order chi connectivity index (χ0) is 15.5. The third-order valence-electron chi connectivity index (χ3n) is 4.56. The summed E-state index contributed by atoms with van der Waals surface area (Å²) in [4.78, 5) is 28.9. The van der Waals surface area contributed by atoms with Gasteiger partial charge in [0.15, 0.2) is 0 Å². The molecule has 0 spiro atoms. The van der Waals surface area contributed by atoms with Crippen molar-refractivity contribution in [2.45, 2.75) is 37.8 Å². The van der Waals surface area contributed by atoms with Crippen LogP contribution in [0.2, 0.25) is 0 Å². The second-order valence-corrected chi connectivity index (χ2v) is 6.19. The molecule has 22 heavy (non-hydrogen) atoms. The van der Waals surface area contributed by atoms with Gasteiger partial charge in [-0.3, -0.25) is 9.59 Å². The van der Waals surface area contributed by atoms with Gasteiger partial charge in [-0.1, -0.05) is 30.3 Å². The molecule has 2 heterocycles. The fourth-order valence-electron chi connectivity index (χ4n) is 3.35. The highest BCUT2D eigenvalue weighted by molar-refractivity contribution is 5.89. The summed E-state index contributed by atoms with van der Waals surface area (Å²) < 4.78 is 0. The van der Waals surface area contributed by atoms with Gasteiger partial charge >= 0.3 is 0 Å². The molecule has 118 valence electrons. The second kappa shape index (κ2) is 6.48. The van der Waals surface area contributed by atoms with Crippen molar-refractivity contribution < 1.29 is 9.59 Å². The Hall–Kier alpha value is -1.88. The van der Waals surface area contributed by atoms with Gasteiger partial charge in [0.25, 0.3) is 0 Å². The molecule has 0 saturated carbocycles. The second-order valence-electron chi connectivity index (χ2n) is 6.19. The Labute approximate surface area is 131 Å². The van der Waals surface area contributed by atoms with Crippen LogP contribution in [-0.4, -0.2) is 47.3 Å². The van der Waals surface area contributed by atoms with E-state index >= 15 is 0 Å². The van der Waals surface area contributed by atoms with Crippen molar-refractivity contribution in [3.8, 4) is 0 Å². The molecule has 5 nitrogen and oxygen atoms in total. The monoisotopic (exact) mass is 301 g/mol. The van der Waals surface area contributed by atoms with Crippen LogP contribution in [0.5, 0.6) is 0 Å². The van der Waals surface area contributed by atoms with Crippen molar-refractivity contribution in [1.29, 1.82) is 0 Å². The number of benzene rings is 1. The van der Waals surface area contributed by atoms with E-state index in [-0.39, 0.29) is 17.9 Å². The van der Waals surface area contributed by atoms with E-state index in [2.05, 4.69) is 0 Å². The average molecular weight is 301 g/mol. The maximum absolute atomic E-state index is 13.0. The molecule has 2 amide bonds. The Balaban J connectivity index is 1.89. The summed E-state index contributed by atoms with van der Waals surface area (Å²) >= 11 is 0. The van der Waals surface area contributed by atoms with Crippen LogP contribution in [0.4, 0.5) is 0 Å². The predicted octanol–water partition coefficient (Wildman–Crippen LogP) is 1.30. The number of hydrogen-bond donors (Lipinski definition) is 1. The van der Waals surface area contributed by atoms with Gasteiger partial charge in [0, 0.05) is 32.1 Å². The molecule has 0 aliphatic carbocycles. The molecule has 0 bridgehead atoms. The lowest BCUT2D eigenvalue weighted by Gasteiger charge is -2.36. The number of nitrogens with two attached hydrogens (primary N) is 1. The Bertz CT molecular complexity index is 546. The molecule has 2 fully saturated rings. The first kappa shape index (κ1) is 15.0. The zero-order valence-corrected chi connectivity index (χ0v) is 12.8. The first-order valence-electron chi connectivity index (χ1n) is 8.05. The third-order valence-corrected chi connectivity index (χ3v) is 4.56. The highest BCUT2D eigenvalue weighted by atomic mass is 16.2. The third kappa shape index (κ3) is 2.99. The van der Waals surface area contributed by atoms with Crippen molar-refractivity contribution >= 4 is 11.8 Å². The largest absolute Gasteiger partial charge is 0.339 e. The van der Waals surface area contributed by atoms with Crippen molar-refractivity contribution in [1.82, 2.24) is 9.80 Å². The summed E-state index contributed by atoms with van der Waals surface area (Å²) in [6.07, 6.45) is 3.25. The van der Waals surface area contributed by atoms with Gasteiger partial charge in [-0.2, -0.15) is 0 Å². The van der Waals surface area contributed by atoms with E-state index in [0.29, 0.717) is 26.1 Å². The van der Waals surface area contributed by atoms with Crippen molar-refractivity contribution in [2.24, 2.45) is 5.73 Å². The number of carbonyl (C=O) groups excluding carboxylic acids is 2. The van der Waals surface area contributed by atoms with Gasteiger partial charge < -0.3 is 15.5 Å². The summed E-state index contributed by atoms with van der Waals surface area (Å²) in [6, 6.07) is 9.17. The van der Waals surface area contributed by atoms with E-state index in [4.69, 9.17) is 5.73 Å². The minimum absolute atomic E-state index is 0.00870. The summed E-state index contributed by atoms with van der Waals surface area (Å²) in [6.45, 7) is 1.93. The van der Waals surface area contributed by atoms with Crippen LogP contribution in [0, 0.1) is 0 Å². The van der Waals surface area contributed by atoms with Gasteiger partial charge in [0.05, 0.1) is 0 Å². The first-order valence-corrected chi connectivity index (χ1v) is 8.05. The minimum Gasteiger partial charge on any atom is -0.339 e. The molecular formula is C17H23N3O2. The summed E-state index contributed by atoms with van der Waals surface area (Å²) in [5.41, 5.74) is 6.82. The average Bonchev–Trinajstić information content (AvgIpc) is 2.97. The van der Waals surface area contributed by atoms with E-state index in [0.717, 1.165) is 24.8 Å². The lowest BCUT2D eigenvalue weighted by Crippen LogP contribution is -2.47. The van der Waals surface area contributed by atoms with Gasteiger partial charge in [0.1, 0.15) is 6.04 Å². The van der Waals surface area contributed by atoms with Gasteiger partial charge in [0.2, 0.25) is 11.8 Å². The first-order chi connectivity index (χ1) is 10.7. The minimum atomic E-state index is -0.501. The number of likely N-dealkylation sites (tertiary alicyclic amines) is 2. The molecule has 0 radical (unpaired) electrons. The number of piperidine rings is 1. The van der Waals surface area contributed by atoms with Crippen LogP contribution in [0.1, 0.15) is 37.3 Å². The maximum Gasteiger partial charge on any atom is 0.250 e. The van der Waals surface area contributed by atoms with Crippen LogP contribution >= 0.6 is 0 Å². The van der Waals surface area contributed by atoms with Gasteiger partial charge in [-0.15, -0.1) is 0 Å². The SMILES string of the molecule is N[C@@H]1CCN(C(=O)C(c2ccccc2)N2CCCCC2=O)C1. The molecular weight excluding hydrogens is 278 g/mol. The van der Waals surface area contributed by atoms with Gasteiger partial charge in [-0.25, -0.2) is 0 Å². The Morgan fingerprint density at radius 1 is 1.18 bits per heavy atom. The van der Waals surface area contributed by atoms with E-state index in [9.17, 15) is 9.59 Å². The molecule has 1 aromatic rings. The van der Waals surface area contributed by atoms with E-state index < -0.39 is 6.04 Å². The standard InChI is InChI=1S/C17H23N3O2/c18-14-9-11-19(12-14)17(22)16(13-6-2-1-3-7-13)20-10-5-4-8-15(20)21/h1-3,6-7,14,16H,4-5,8-12,18H2/t14-,16?/m1/s1. The summed E-state index contributed by atoms with van der Waals surface area (Å²) in [7, 11) is 0. The smallest absolute Gasteiger partial charge is 0.250 e. The van der Waals surface area contributed by atoms with Crippen molar-refractivity contribution in [3.63, 3.8) is 0 Å². The number of nitrogens with zero attached hydrogens (tertiary/aromatic N) is 2. The van der Waals surface area contributed by atoms with Gasteiger partial charge in [-0.05, 0) is 24.8 Å². The molecule has 0 aromatic heterocycles. The molecule has 2 aliphatic rings. The molecule has 2 N–H and O–H groups in total. The van der Waals surface area contributed by atoms with Crippen LogP contribution in [0.25, 0.3) is 0 Å². The normalized spacial score (nSPS) is 23.7. The van der Waals surface area contributed by atoms with Crippen LogP contribution in [0.15, 0.2) is 30.3 Å². The Morgan fingerprint density at radius 3 is 2.59 bits per heavy atom. The van der Waals surface area contributed by atoms with Crippen LogP contribution in [-0.2, 0) is 9.59 Å². The maximum atomic E-state index is 13.0. The van der Waals surface area contributed by atoms with E-state index in [1.165, 1.54) is 0 Å². The number of hydrogen-bond acceptors (Lipinski definition) is 3. The Kier molecular flexibility index (Phi) is 4.43. The molecule has 2 saturated heterocycles. The zero-order valence-electron chi connectivity index (χ0n) is 12.8. The van der Waals surface area contributed by atoms with E-state index in [1.54, 1.807) is 4.90 Å². The molecule has 1 unspecified atom stereocenters. The highest BCUT2D eigenvalue weighted by Gasteiger charge is 2.37. The fraction of sp³-hybridized carbons (Fsp3) is 0.529. The topological polar surface area (TPSA) is 66.6 Å². The molecule has 5 heteroatoms. The van der Waals surface area contributed by atoms with Crippen molar-refractivity contribution in [2.75, 3.05) is 19.6 Å². The highest BCUT2D eigenvalue weighted by Crippen LogP contribution is 2.28. The summed E-state index contributed by atoms with van der Waals surface area (Å²) in [5, 5.41) is 0. The quantitative estimate of drug-likeness (QED) is 0.915. The Morgan fingerprint density at radius 2 is 1.95 bits per heavy atom. The number of carbonyl (C=O) groups is 2. The molecule has 1 aromatic carbocycles. The van der Waals surface area contributed by atoms with Crippen LogP contribution in [0.3, 0.4) is 0 Å². The molecule has 2 aliphatic heterocycles. The summed E-state index contributed by atoms with van der Waals surface area (Å²) in [5.74, 6) is 0.0892. The van der Waals surface area contributed by atoms with E-state index in [1.807, 2.05) is 35.2 Å². The lowest BCUT2D eigenvalue weighted by molar-refractivity contribution is -0.147. The van der Waals surface area contributed by atoms with Crippen molar-refractivity contribution in [3.05, 3.63) is 35.9 Å². The number of amides is 2. The fourth-order valence-corrected chi connectivity index (χ4v) is 3.35. The van der Waals surface area contributed by atoms with Crippen LogP contribution < -0.4 is 5.73 Å².